The maximum atomic E-state index is 13.1. The molecule has 0 aliphatic heterocycles. The maximum absolute atomic E-state index is 13.1. The second-order valence-electron chi connectivity index (χ2n) is 5.71. The number of amides is 1. The summed E-state index contributed by atoms with van der Waals surface area (Å²) in [6.07, 6.45) is 1.40. The lowest BCUT2D eigenvalue weighted by Crippen LogP contribution is -2.39. The highest BCUT2D eigenvalue weighted by Gasteiger charge is 2.27. The van der Waals surface area contributed by atoms with Crippen molar-refractivity contribution in [2.45, 2.75) is 11.8 Å². The molecule has 7 nitrogen and oxygen atoms in total. The molecule has 142 valence electrons. The zero-order chi connectivity index (χ0) is 20.0. The summed E-state index contributed by atoms with van der Waals surface area (Å²) in [6.45, 7) is 4.68. The number of nitrogens with zero attached hydrogens (tertiary/aromatic N) is 1. The van der Waals surface area contributed by atoms with Crippen molar-refractivity contribution in [2.24, 2.45) is 0 Å². The van der Waals surface area contributed by atoms with E-state index in [4.69, 9.17) is 0 Å². The van der Waals surface area contributed by atoms with Crippen LogP contribution >= 0.6 is 0 Å². The van der Waals surface area contributed by atoms with Gasteiger partial charge in [0.1, 0.15) is 0 Å². The summed E-state index contributed by atoms with van der Waals surface area (Å²) in [5.41, 5.74) is 1.05. The molecule has 2 rings (SSSR count). The van der Waals surface area contributed by atoms with Crippen molar-refractivity contribution in [1.29, 1.82) is 0 Å². The Morgan fingerprint density at radius 2 is 1.78 bits per heavy atom. The molecule has 8 heteroatoms. The topological polar surface area (TPSA) is 107 Å². The standard InChI is InChI=1S/C19H20N2O5S/c1-3-12-21(27(25,26)15-10-8-14(2)9-11-15)17-7-5-4-6-16(17)19(24)20-13-18(22)23/h3-11H,1,12-13H2,2H3,(H,20,24)(H,22,23)/p-1. The molecule has 0 spiro atoms. The van der Waals surface area contributed by atoms with Gasteiger partial charge in [-0.25, -0.2) is 8.42 Å². The minimum atomic E-state index is -3.97. The van der Waals surface area contributed by atoms with Gasteiger partial charge < -0.3 is 15.2 Å². The van der Waals surface area contributed by atoms with Crippen molar-refractivity contribution < 1.29 is 23.1 Å². The lowest BCUT2D eigenvalue weighted by atomic mass is 10.1. The molecule has 0 aliphatic rings. The molecule has 1 N–H and O–H groups in total. The van der Waals surface area contributed by atoms with Gasteiger partial charge in [-0.05, 0) is 31.2 Å². The third kappa shape index (κ3) is 4.73. The molecule has 0 radical (unpaired) electrons. The van der Waals surface area contributed by atoms with Crippen LogP contribution in [0.3, 0.4) is 0 Å². The maximum Gasteiger partial charge on any atom is 0.264 e. The van der Waals surface area contributed by atoms with Crippen LogP contribution in [0.4, 0.5) is 5.69 Å². The summed E-state index contributed by atoms with van der Waals surface area (Å²) >= 11 is 0. The fraction of sp³-hybridized carbons (Fsp3) is 0.158. The summed E-state index contributed by atoms with van der Waals surface area (Å²) in [5, 5.41) is 12.8. The Labute approximate surface area is 158 Å². The van der Waals surface area contributed by atoms with Crippen LogP contribution in [0.1, 0.15) is 15.9 Å². The normalized spacial score (nSPS) is 10.9. The predicted octanol–water partition coefficient (Wildman–Crippen LogP) is 0.856. The third-order valence-electron chi connectivity index (χ3n) is 3.71. The largest absolute Gasteiger partial charge is 0.548 e. The number of hydrogen-bond donors (Lipinski definition) is 1. The first-order valence-corrected chi connectivity index (χ1v) is 9.48. The van der Waals surface area contributed by atoms with Crippen molar-refractivity contribution in [3.8, 4) is 0 Å². The van der Waals surface area contributed by atoms with Gasteiger partial charge in [-0.1, -0.05) is 35.9 Å². The highest BCUT2D eigenvalue weighted by molar-refractivity contribution is 7.92. The second kappa shape index (κ2) is 8.50. The van der Waals surface area contributed by atoms with Gasteiger partial charge in [-0.2, -0.15) is 0 Å². The highest BCUT2D eigenvalue weighted by Crippen LogP contribution is 2.27. The number of carbonyl (C=O) groups excluding carboxylic acids is 2. The number of anilines is 1. The Balaban J connectivity index is 2.51. The molecule has 0 heterocycles. The number of hydrogen-bond acceptors (Lipinski definition) is 5. The Bertz CT molecular complexity index is 952. The highest BCUT2D eigenvalue weighted by atomic mass is 32.2. The number of aliphatic carboxylic acids is 1. The van der Waals surface area contributed by atoms with Crippen molar-refractivity contribution in [3.63, 3.8) is 0 Å². The van der Waals surface area contributed by atoms with Crippen molar-refractivity contribution in [2.75, 3.05) is 17.4 Å². The van der Waals surface area contributed by atoms with E-state index >= 15 is 0 Å². The Kier molecular flexibility index (Phi) is 6.36. The number of sulfonamides is 1. The van der Waals surface area contributed by atoms with Crippen LogP contribution < -0.4 is 14.7 Å². The molecule has 0 unspecified atom stereocenters. The van der Waals surface area contributed by atoms with Crippen LogP contribution in [0.2, 0.25) is 0 Å². The van der Waals surface area contributed by atoms with Gasteiger partial charge in [-0.3, -0.25) is 9.10 Å². The number of rotatable bonds is 8. The molecular formula is C19H19N2O5S-. The molecule has 0 fully saturated rings. The van der Waals surface area contributed by atoms with Crippen LogP contribution in [-0.4, -0.2) is 33.4 Å². The third-order valence-corrected chi connectivity index (χ3v) is 5.51. The van der Waals surface area contributed by atoms with E-state index in [9.17, 15) is 23.1 Å². The molecule has 27 heavy (non-hydrogen) atoms. The number of carboxylic acids is 1. The Hall–Kier alpha value is -3.13. The molecule has 2 aromatic rings. The van der Waals surface area contributed by atoms with E-state index in [1.54, 1.807) is 24.3 Å². The monoisotopic (exact) mass is 387 g/mol. The van der Waals surface area contributed by atoms with Gasteiger partial charge in [0.05, 0.1) is 35.2 Å². The molecule has 0 aliphatic carbocycles. The fourth-order valence-corrected chi connectivity index (χ4v) is 3.87. The lowest BCUT2D eigenvalue weighted by Gasteiger charge is -2.25. The molecule has 0 bridgehead atoms. The van der Waals surface area contributed by atoms with Gasteiger partial charge >= 0.3 is 0 Å². The van der Waals surface area contributed by atoms with E-state index in [1.807, 2.05) is 6.92 Å². The minimum absolute atomic E-state index is 0.0243. The number of nitrogens with one attached hydrogen (secondary N) is 1. The van der Waals surface area contributed by atoms with E-state index in [-0.39, 0.29) is 22.7 Å². The number of para-hydroxylation sites is 1. The molecular weight excluding hydrogens is 368 g/mol. The Morgan fingerprint density at radius 1 is 1.15 bits per heavy atom. The van der Waals surface area contributed by atoms with E-state index in [0.29, 0.717) is 0 Å². The van der Waals surface area contributed by atoms with Crippen LogP contribution in [-0.2, 0) is 14.8 Å². The average molecular weight is 387 g/mol. The minimum Gasteiger partial charge on any atom is -0.548 e. The van der Waals surface area contributed by atoms with E-state index < -0.39 is 28.4 Å². The average Bonchev–Trinajstić information content (AvgIpc) is 2.64. The van der Waals surface area contributed by atoms with Gasteiger partial charge in [0.25, 0.3) is 15.9 Å². The van der Waals surface area contributed by atoms with Crippen LogP contribution in [0.25, 0.3) is 0 Å². The molecule has 0 saturated carbocycles. The molecule has 0 atom stereocenters. The van der Waals surface area contributed by atoms with E-state index in [1.165, 1.54) is 30.3 Å². The lowest BCUT2D eigenvalue weighted by molar-refractivity contribution is -0.303. The number of aryl methyl sites for hydroxylation is 1. The molecule has 0 saturated heterocycles. The first-order valence-electron chi connectivity index (χ1n) is 8.04. The number of carboxylic acid groups (broad SMARTS) is 1. The number of carbonyl (C=O) groups is 2. The zero-order valence-corrected chi connectivity index (χ0v) is 15.5. The van der Waals surface area contributed by atoms with Gasteiger partial charge in [0.15, 0.2) is 0 Å². The first-order chi connectivity index (χ1) is 12.8. The van der Waals surface area contributed by atoms with E-state index in [2.05, 4.69) is 11.9 Å². The van der Waals surface area contributed by atoms with Crippen molar-refractivity contribution in [1.82, 2.24) is 5.32 Å². The Morgan fingerprint density at radius 3 is 2.37 bits per heavy atom. The smallest absolute Gasteiger partial charge is 0.264 e. The molecule has 2 aromatic carbocycles. The summed E-state index contributed by atoms with van der Waals surface area (Å²) in [7, 11) is -3.97. The summed E-state index contributed by atoms with van der Waals surface area (Å²) < 4.78 is 27.3. The summed E-state index contributed by atoms with van der Waals surface area (Å²) in [4.78, 5) is 23.0. The van der Waals surface area contributed by atoms with Crippen molar-refractivity contribution >= 4 is 27.6 Å². The zero-order valence-electron chi connectivity index (χ0n) is 14.7. The van der Waals surface area contributed by atoms with Crippen LogP contribution in [0, 0.1) is 6.92 Å². The molecule has 0 aromatic heterocycles. The SMILES string of the molecule is C=CCN(c1ccccc1C(=O)NCC(=O)[O-])S(=O)(=O)c1ccc(C)cc1. The number of benzene rings is 2. The van der Waals surface area contributed by atoms with Gasteiger partial charge in [0.2, 0.25) is 0 Å². The van der Waals surface area contributed by atoms with E-state index in [0.717, 1.165) is 9.87 Å². The van der Waals surface area contributed by atoms with Crippen molar-refractivity contribution in [3.05, 3.63) is 72.3 Å². The fourth-order valence-electron chi connectivity index (χ4n) is 2.41. The summed E-state index contributed by atoms with van der Waals surface area (Å²) in [6, 6.07) is 12.4. The second-order valence-corrected chi connectivity index (χ2v) is 7.57. The summed E-state index contributed by atoms with van der Waals surface area (Å²) in [5.74, 6) is -2.17. The van der Waals surface area contributed by atoms with Gasteiger partial charge in [0, 0.05) is 0 Å². The molecule has 1 amide bonds. The van der Waals surface area contributed by atoms with Crippen LogP contribution in [0.5, 0.6) is 0 Å². The first kappa shape index (κ1) is 20.2. The quantitative estimate of drug-likeness (QED) is 0.676. The predicted molar refractivity (Wildman–Crippen MR) is 99.7 cm³/mol. The van der Waals surface area contributed by atoms with Gasteiger partial charge in [-0.15, -0.1) is 6.58 Å². The van der Waals surface area contributed by atoms with Crippen LogP contribution in [0.15, 0.2) is 66.1 Å².